The maximum absolute atomic E-state index is 12.1. The van der Waals surface area contributed by atoms with Gasteiger partial charge < -0.3 is 9.15 Å². The van der Waals surface area contributed by atoms with Gasteiger partial charge in [0.15, 0.2) is 0 Å². The number of ether oxygens (including phenoxy) is 1. The number of nitro benzene ring substituents is 1. The number of hydrazone groups is 1. The first-order valence-corrected chi connectivity index (χ1v) is 8.30. The number of hydrogen-bond acceptors (Lipinski definition) is 6. The van der Waals surface area contributed by atoms with Crippen LogP contribution in [0.3, 0.4) is 0 Å². The molecule has 0 unspecified atom stereocenters. The van der Waals surface area contributed by atoms with E-state index in [1.54, 1.807) is 55.5 Å². The van der Waals surface area contributed by atoms with Crippen molar-refractivity contribution in [3.63, 3.8) is 0 Å². The third kappa shape index (κ3) is 4.24. The molecule has 1 N–H and O–H groups in total. The first-order chi connectivity index (χ1) is 13.5. The second-order valence-corrected chi connectivity index (χ2v) is 5.89. The van der Waals surface area contributed by atoms with E-state index in [0.29, 0.717) is 34.0 Å². The standard InChI is InChI=1S/C20H17N3O5/c1-13-6-7-14(11-18(13)23(25)26)19-9-8-17(28-19)12-21-22-20(24)15-4-3-5-16(10-15)27-2/h3-12H,1-2H3,(H,22,24)/b21-12-. The highest BCUT2D eigenvalue weighted by Gasteiger charge is 2.13. The fourth-order valence-electron chi connectivity index (χ4n) is 2.52. The van der Waals surface area contributed by atoms with Crippen molar-refractivity contribution in [3.05, 3.63) is 81.6 Å². The van der Waals surface area contributed by atoms with Crippen molar-refractivity contribution < 1.29 is 18.9 Å². The number of aryl methyl sites for hydroxylation is 1. The molecule has 1 heterocycles. The van der Waals surface area contributed by atoms with Crippen molar-refractivity contribution in [1.29, 1.82) is 0 Å². The first kappa shape index (κ1) is 18.8. The Labute approximate surface area is 160 Å². The number of rotatable bonds is 6. The van der Waals surface area contributed by atoms with E-state index in [2.05, 4.69) is 10.5 Å². The number of amides is 1. The molecule has 8 nitrogen and oxygen atoms in total. The summed E-state index contributed by atoms with van der Waals surface area (Å²) in [5.74, 6) is 1.03. The van der Waals surface area contributed by atoms with Gasteiger partial charge in [0, 0.05) is 22.8 Å². The average molecular weight is 379 g/mol. The van der Waals surface area contributed by atoms with E-state index in [9.17, 15) is 14.9 Å². The lowest BCUT2D eigenvalue weighted by molar-refractivity contribution is -0.385. The van der Waals surface area contributed by atoms with Crippen molar-refractivity contribution >= 4 is 17.8 Å². The first-order valence-electron chi connectivity index (χ1n) is 8.30. The fourth-order valence-corrected chi connectivity index (χ4v) is 2.52. The van der Waals surface area contributed by atoms with Crippen LogP contribution >= 0.6 is 0 Å². The summed E-state index contributed by atoms with van der Waals surface area (Å²) in [5, 5.41) is 15.0. The molecule has 0 spiro atoms. The predicted molar refractivity (Wildman–Crippen MR) is 104 cm³/mol. The number of furan rings is 1. The molecule has 0 aliphatic heterocycles. The van der Waals surface area contributed by atoms with Crippen LogP contribution in [0.2, 0.25) is 0 Å². The summed E-state index contributed by atoms with van der Waals surface area (Å²) in [5.41, 5.74) is 3.99. The lowest BCUT2D eigenvalue weighted by atomic mass is 10.1. The third-order valence-corrected chi connectivity index (χ3v) is 4.01. The molecular formula is C20H17N3O5. The summed E-state index contributed by atoms with van der Waals surface area (Å²) in [6.45, 7) is 1.67. The molecule has 1 aromatic heterocycles. The zero-order valence-corrected chi connectivity index (χ0v) is 15.2. The summed E-state index contributed by atoms with van der Waals surface area (Å²) in [6.07, 6.45) is 1.35. The Balaban J connectivity index is 1.70. The number of hydrogen-bond donors (Lipinski definition) is 1. The monoisotopic (exact) mass is 379 g/mol. The highest BCUT2D eigenvalue weighted by Crippen LogP contribution is 2.27. The topological polar surface area (TPSA) is 107 Å². The molecule has 28 heavy (non-hydrogen) atoms. The van der Waals surface area contributed by atoms with Crippen LogP contribution in [0.5, 0.6) is 5.75 Å². The van der Waals surface area contributed by atoms with Crippen molar-refractivity contribution in [2.75, 3.05) is 7.11 Å². The zero-order chi connectivity index (χ0) is 20.1. The van der Waals surface area contributed by atoms with Crippen molar-refractivity contribution in [1.82, 2.24) is 5.43 Å². The molecule has 0 saturated heterocycles. The van der Waals surface area contributed by atoms with Gasteiger partial charge in [-0.3, -0.25) is 14.9 Å². The number of carbonyl (C=O) groups is 1. The zero-order valence-electron chi connectivity index (χ0n) is 15.2. The largest absolute Gasteiger partial charge is 0.497 e. The Kier molecular flexibility index (Phi) is 5.50. The molecule has 142 valence electrons. The van der Waals surface area contributed by atoms with Crippen LogP contribution in [0, 0.1) is 17.0 Å². The molecule has 0 aliphatic carbocycles. The summed E-state index contributed by atoms with van der Waals surface area (Å²) in [4.78, 5) is 22.7. The van der Waals surface area contributed by atoms with E-state index in [0.717, 1.165) is 0 Å². The Bertz CT molecular complexity index is 1060. The lowest BCUT2D eigenvalue weighted by Gasteiger charge is -2.02. The van der Waals surface area contributed by atoms with Gasteiger partial charge in [0.05, 0.1) is 18.2 Å². The van der Waals surface area contributed by atoms with E-state index in [1.807, 2.05) is 0 Å². The summed E-state index contributed by atoms with van der Waals surface area (Å²) < 4.78 is 10.7. The van der Waals surface area contributed by atoms with Gasteiger partial charge in [-0.2, -0.15) is 5.10 Å². The quantitative estimate of drug-likeness (QED) is 0.397. The maximum Gasteiger partial charge on any atom is 0.273 e. The van der Waals surface area contributed by atoms with Crippen molar-refractivity contribution in [2.45, 2.75) is 6.92 Å². The molecule has 1 amide bonds. The summed E-state index contributed by atoms with van der Waals surface area (Å²) in [7, 11) is 1.52. The molecule has 3 aromatic rings. The molecule has 0 radical (unpaired) electrons. The number of nitro groups is 1. The normalized spacial score (nSPS) is 10.8. The van der Waals surface area contributed by atoms with Crippen LogP contribution < -0.4 is 10.2 Å². The van der Waals surface area contributed by atoms with Gasteiger partial charge in [0.2, 0.25) is 0 Å². The van der Waals surface area contributed by atoms with Crippen LogP contribution in [0.1, 0.15) is 21.7 Å². The second kappa shape index (κ2) is 8.17. The van der Waals surface area contributed by atoms with Crippen molar-refractivity contribution in [2.24, 2.45) is 5.10 Å². The summed E-state index contributed by atoms with van der Waals surface area (Å²) in [6, 6.07) is 14.9. The van der Waals surface area contributed by atoms with Gasteiger partial charge >= 0.3 is 0 Å². The van der Waals surface area contributed by atoms with E-state index in [1.165, 1.54) is 19.4 Å². The van der Waals surface area contributed by atoms with Crippen LogP contribution in [-0.2, 0) is 0 Å². The van der Waals surface area contributed by atoms with Crippen molar-refractivity contribution in [3.8, 4) is 17.1 Å². The smallest absolute Gasteiger partial charge is 0.273 e. The molecule has 0 aliphatic rings. The van der Waals surface area contributed by atoms with Gasteiger partial charge in [-0.15, -0.1) is 0 Å². The highest BCUT2D eigenvalue weighted by molar-refractivity contribution is 5.95. The number of methoxy groups -OCH3 is 1. The number of carbonyl (C=O) groups excluding carboxylic acids is 1. The minimum atomic E-state index is -0.432. The molecule has 0 atom stereocenters. The van der Waals surface area contributed by atoms with E-state index in [-0.39, 0.29) is 5.69 Å². The van der Waals surface area contributed by atoms with E-state index < -0.39 is 10.8 Å². The highest BCUT2D eigenvalue weighted by atomic mass is 16.6. The molecular weight excluding hydrogens is 362 g/mol. The van der Waals surface area contributed by atoms with E-state index in [4.69, 9.17) is 9.15 Å². The molecule has 0 saturated carbocycles. The predicted octanol–water partition coefficient (Wildman–Crippen LogP) is 3.94. The Hall–Kier alpha value is -3.94. The summed E-state index contributed by atoms with van der Waals surface area (Å²) >= 11 is 0. The molecule has 0 fully saturated rings. The fraction of sp³-hybridized carbons (Fsp3) is 0.100. The van der Waals surface area contributed by atoms with Crippen LogP contribution in [-0.4, -0.2) is 24.2 Å². The lowest BCUT2D eigenvalue weighted by Crippen LogP contribution is -2.17. The third-order valence-electron chi connectivity index (χ3n) is 4.01. The van der Waals surface area contributed by atoms with Gasteiger partial charge in [0.1, 0.15) is 17.3 Å². The van der Waals surface area contributed by atoms with Gasteiger partial charge in [-0.1, -0.05) is 18.2 Å². The minimum Gasteiger partial charge on any atom is -0.497 e. The van der Waals surface area contributed by atoms with Crippen LogP contribution in [0.4, 0.5) is 5.69 Å². The minimum absolute atomic E-state index is 0.0228. The number of nitrogens with zero attached hydrogens (tertiary/aromatic N) is 2. The average Bonchev–Trinajstić information content (AvgIpc) is 3.17. The maximum atomic E-state index is 12.1. The van der Waals surface area contributed by atoms with Crippen LogP contribution in [0.25, 0.3) is 11.3 Å². The SMILES string of the molecule is COc1cccc(C(=O)N/N=C\c2ccc(-c3ccc(C)c([N+](=O)[O-])c3)o2)c1. The van der Waals surface area contributed by atoms with Crippen LogP contribution in [0.15, 0.2) is 64.1 Å². The Morgan fingerprint density at radius 2 is 2.04 bits per heavy atom. The van der Waals surface area contributed by atoms with E-state index >= 15 is 0 Å². The molecule has 3 rings (SSSR count). The number of nitrogens with one attached hydrogen (secondary N) is 1. The Morgan fingerprint density at radius 1 is 1.21 bits per heavy atom. The van der Waals surface area contributed by atoms with Gasteiger partial charge in [-0.05, 0) is 37.3 Å². The second-order valence-electron chi connectivity index (χ2n) is 5.89. The molecule has 8 heteroatoms. The van der Waals surface area contributed by atoms with Gasteiger partial charge in [-0.25, -0.2) is 5.43 Å². The Morgan fingerprint density at radius 3 is 2.79 bits per heavy atom. The molecule has 0 bridgehead atoms. The molecule has 2 aromatic carbocycles. The van der Waals surface area contributed by atoms with Gasteiger partial charge in [0.25, 0.3) is 11.6 Å². The number of benzene rings is 2.